The van der Waals surface area contributed by atoms with Crippen LogP contribution in [-0.4, -0.2) is 24.1 Å². The number of nitrogens with zero attached hydrogens (tertiary/aromatic N) is 6. The third kappa shape index (κ3) is 2.96. The monoisotopic (exact) mass is 420 g/mol. The van der Waals surface area contributed by atoms with Gasteiger partial charge in [0.05, 0.1) is 39.9 Å². The maximum Gasteiger partial charge on any atom is 0.333 e. The summed E-state index contributed by atoms with van der Waals surface area (Å²) >= 11 is 0. The van der Waals surface area contributed by atoms with E-state index in [1.54, 1.807) is 34.8 Å². The zero-order chi connectivity index (χ0) is 22.5. The van der Waals surface area contributed by atoms with Gasteiger partial charge in [0.15, 0.2) is 0 Å². The molecule has 5 rings (SSSR count). The second-order valence-electron chi connectivity index (χ2n) is 8.31. The Labute approximate surface area is 184 Å². The zero-order valence-corrected chi connectivity index (χ0v) is 17.9. The van der Waals surface area contributed by atoms with Crippen molar-refractivity contribution in [2.24, 2.45) is 7.05 Å². The molecule has 5 aromatic rings. The number of pyridine rings is 1. The van der Waals surface area contributed by atoms with Crippen molar-refractivity contribution in [1.82, 2.24) is 24.1 Å². The van der Waals surface area contributed by atoms with Gasteiger partial charge in [-0.1, -0.05) is 18.2 Å². The van der Waals surface area contributed by atoms with E-state index in [1.165, 1.54) is 6.33 Å². The summed E-state index contributed by atoms with van der Waals surface area (Å²) in [6.45, 7) is 3.75. The van der Waals surface area contributed by atoms with Crippen molar-refractivity contribution in [3.05, 3.63) is 83.4 Å². The molecular formula is C25H20N6O. The van der Waals surface area contributed by atoms with Crippen LogP contribution in [0, 0.1) is 11.3 Å². The number of hydrogen-bond acceptors (Lipinski definition) is 5. The largest absolute Gasteiger partial charge is 0.333 e. The van der Waals surface area contributed by atoms with Crippen molar-refractivity contribution >= 4 is 21.9 Å². The lowest BCUT2D eigenvalue weighted by Gasteiger charge is -2.16. The highest BCUT2D eigenvalue weighted by Crippen LogP contribution is 2.30. The standard InChI is InChI=1S/C25H20N6O/c1-25(2,14-26)18-5-7-19(8-6-18)31-23-20-10-16(17-11-27-15-28-12-17)4-9-21(20)29-13-22(23)30(3)24(31)32/h4-13,15H,1-3H3. The lowest BCUT2D eigenvalue weighted by molar-refractivity contribution is 0.686. The number of benzene rings is 2. The van der Waals surface area contributed by atoms with E-state index in [2.05, 4.69) is 21.0 Å². The van der Waals surface area contributed by atoms with Gasteiger partial charge in [-0.05, 0) is 49.2 Å². The summed E-state index contributed by atoms with van der Waals surface area (Å²) in [5, 5.41) is 10.3. The fourth-order valence-electron chi connectivity index (χ4n) is 3.96. The third-order valence-electron chi connectivity index (χ3n) is 5.90. The van der Waals surface area contributed by atoms with Crippen LogP contribution in [0.5, 0.6) is 0 Å². The van der Waals surface area contributed by atoms with E-state index in [0.29, 0.717) is 0 Å². The molecule has 156 valence electrons. The number of nitriles is 1. The van der Waals surface area contributed by atoms with Crippen LogP contribution in [0.15, 0.2) is 72.2 Å². The van der Waals surface area contributed by atoms with Gasteiger partial charge in [0, 0.05) is 30.4 Å². The average molecular weight is 420 g/mol. The Hall–Kier alpha value is -4.31. The Kier molecular flexibility index (Phi) is 4.38. The van der Waals surface area contributed by atoms with Crippen LogP contribution in [0.25, 0.3) is 38.8 Å². The SMILES string of the molecule is Cn1c(=O)n(-c2ccc(C(C)(C)C#N)cc2)c2c3cc(-c4cncnc4)ccc3ncc21. The molecule has 0 amide bonds. The summed E-state index contributed by atoms with van der Waals surface area (Å²) in [6, 6.07) is 15.8. The molecule has 7 heteroatoms. The highest BCUT2D eigenvalue weighted by atomic mass is 16.1. The normalized spacial score (nSPS) is 11.7. The maximum absolute atomic E-state index is 13.3. The fraction of sp³-hybridized carbons (Fsp3) is 0.160. The molecule has 0 atom stereocenters. The predicted molar refractivity (Wildman–Crippen MR) is 123 cm³/mol. The Morgan fingerprint density at radius 3 is 2.38 bits per heavy atom. The van der Waals surface area contributed by atoms with Crippen LogP contribution in [0.1, 0.15) is 19.4 Å². The van der Waals surface area contributed by atoms with E-state index in [9.17, 15) is 10.1 Å². The van der Waals surface area contributed by atoms with Gasteiger partial charge >= 0.3 is 5.69 Å². The van der Waals surface area contributed by atoms with Gasteiger partial charge < -0.3 is 0 Å². The summed E-state index contributed by atoms with van der Waals surface area (Å²) < 4.78 is 3.31. The second kappa shape index (κ2) is 7.13. The molecule has 3 heterocycles. The van der Waals surface area contributed by atoms with Crippen LogP contribution in [0.3, 0.4) is 0 Å². The number of hydrogen-bond donors (Lipinski definition) is 0. The molecule has 0 fully saturated rings. The number of rotatable bonds is 3. The topological polar surface area (TPSA) is 89.4 Å². The van der Waals surface area contributed by atoms with E-state index in [4.69, 9.17) is 0 Å². The highest BCUT2D eigenvalue weighted by Gasteiger charge is 2.21. The van der Waals surface area contributed by atoms with Gasteiger partial charge in [-0.3, -0.25) is 14.1 Å². The Balaban J connectivity index is 1.79. The molecule has 0 aliphatic rings. The van der Waals surface area contributed by atoms with Gasteiger partial charge in [-0.25, -0.2) is 14.8 Å². The first-order valence-corrected chi connectivity index (χ1v) is 10.2. The zero-order valence-electron chi connectivity index (χ0n) is 17.9. The van der Waals surface area contributed by atoms with Crippen molar-refractivity contribution in [2.45, 2.75) is 19.3 Å². The lowest BCUT2D eigenvalue weighted by Crippen LogP contribution is -2.21. The van der Waals surface area contributed by atoms with E-state index < -0.39 is 5.41 Å². The first-order chi connectivity index (χ1) is 15.4. The van der Waals surface area contributed by atoms with Crippen molar-refractivity contribution in [3.8, 4) is 22.9 Å². The summed E-state index contributed by atoms with van der Waals surface area (Å²) in [6.07, 6.45) is 6.75. The van der Waals surface area contributed by atoms with Gasteiger partial charge in [0.1, 0.15) is 6.33 Å². The molecule has 3 aromatic heterocycles. The molecule has 0 saturated heterocycles. The van der Waals surface area contributed by atoms with Gasteiger partial charge in [0.25, 0.3) is 0 Å². The van der Waals surface area contributed by atoms with E-state index in [-0.39, 0.29) is 5.69 Å². The van der Waals surface area contributed by atoms with Crippen LogP contribution in [0.4, 0.5) is 0 Å². The number of aromatic nitrogens is 5. The first kappa shape index (κ1) is 19.6. The minimum atomic E-state index is -0.606. The number of imidazole rings is 1. The molecule has 0 bridgehead atoms. The van der Waals surface area contributed by atoms with Gasteiger partial charge in [0.2, 0.25) is 0 Å². The molecule has 32 heavy (non-hydrogen) atoms. The minimum Gasteiger partial charge on any atom is -0.293 e. The fourth-order valence-corrected chi connectivity index (χ4v) is 3.96. The molecule has 0 N–H and O–H groups in total. The predicted octanol–water partition coefficient (Wildman–Crippen LogP) is 4.14. The molecule has 0 aliphatic carbocycles. The van der Waals surface area contributed by atoms with Crippen LogP contribution in [-0.2, 0) is 12.5 Å². The quantitative estimate of drug-likeness (QED) is 0.438. The maximum atomic E-state index is 13.3. The van der Waals surface area contributed by atoms with Gasteiger partial charge in [-0.15, -0.1) is 0 Å². The van der Waals surface area contributed by atoms with Crippen LogP contribution < -0.4 is 5.69 Å². The molecule has 0 spiro atoms. The number of aryl methyl sites for hydroxylation is 1. The van der Waals surface area contributed by atoms with Gasteiger partial charge in [-0.2, -0.15) is 5.26 Å². The summed E-state index contributed by atoms with van der Waals surface area (Å²) in [5.74, 6) is 0. The number of fused-ring (bicyclic) bond motifs is 3. The van der Waals surface area contributed by atoms with Crippen LogP contribution in [0.2, 0.25) is 0 Å². The first-order valence-electron chi connectivity index (χ1n) is 10.2. The summed E-state index contributed by atoms with van der Waals surface area (Å²) in [7, 11) is 1.75. The Morgan fingerprint density at radius 1 is 0.969 bits per heavy atom. The molecule has 0 aliphatic heterocycles. The smallest absolute Gasteiger partial charge is 0.293 e. The summed E-state index contributed by atoms with van der Waals surface area (Å²) in [4.78, 5) is 26.0. The minimum absolute atomic E-state index is 0.157. The highest BCUT2D eigenvalue weighted by molar-refractivity contribution is 6.04. The van der Waals surface area contributed by atoms with Crippen LogP contribution >= 0.6 is 0 Å². The molecule has 7 nitrogen and oxygen atoms in total. The lowest BCUT2D eigenvalue weighted by atomic mass is 9.86. The second-order valence-corrected chi connectivity index (χ2v) is 8.31. The van der Waals surface area contributed by atoms with E-state index >= 15 is 0 Å². The van der Waals surface area contributed by atoms with Crippen molar-refractivity contribution in [2.75, 3.05) is 0 Å². The van der Waals surface area contributed by atoms with Crippen molar-refractivity contribution < 1.29 is 0 Å². The van der Waals surface area contributed by atoms with Crippen molar-refractivity contribution in [3.63, 3.8) is 0 Å². The Morgan fingerprint density at radius 2 is 1.69 bits per heavy atom. The Bertz CT molecular complexity index is 1570. The average Bonchev–Trinajstić information content (AvgIpc) is 3.09. The van der Waals surface area contributed by atoms with E-state index in [0.717, 1.165) is 44.3 Å². The van der Waals surface area contributed by atoms with E-state index in [1.807, 2.05) is 56.3 Å². The molecule has 0 saturated carbocycles. The third-order valence-corrected chi connectivity index (χ3v) is 5.90. The molecule has 0 radical (unpaired) electrons. The molecule has 2 aromatic carbocycles. The molecular weight excluding hydrogens is 400 g/mol. The summed E-state index contributed by atoms with van der Waals surface area (Å²) in [5.41, 5.74) is 5.02. The van der Waals surface area contributed by atoms with Crippen molar-refractivity contribution in [1.29, 1.82) is 5.26 Å². The molecule has 0 unspecified atom stereocenters.